The van der Waals surface area contributed by atoms with E-state index < -0.39 is 0 Å². The number of rotatable bonds is 3. The van der Waals surface area contributed by atoms with Crippen molar-refractivity contribution >= 4 is 10.9 Å². The molecule has 0 aliphatic rings. The van der Waals surface area contributed by atoms with Gasteiger partial charge in [0, 0.05) is 6.04 Å². The highest BCUT2D eigenvalue weighted by Crippen LogP contribution is 2.18. The molecule has 1 aromatic carbocycles. The molecule has 0 saturated carbocycles. The Morgan fingerprint density at radius 2 is 2.00 bits per heavy atom. The molecule has 0 aliphatic heterocycles. The Kier molecular flexibility index (Phi) is 3.50. The average Bonchev–Trinajstić information content (AvgIpc) is 2.37. The van der Waals surface area contributed by atoms with Crippen LogP contribution in [0, 0.1) is 0 Å². The SMILES string of the molecule is CCC(C)n1cnc2cc(C(C)C)ccc2c1=O. The standard InChI is InChI=1S/C15H20N2O/c1-5-11(4)17-9-16-14-8-12(10(2)3)6-7-13(14)15(17)18/h6-11H,5H2,1-4H3. The monoisotopic (exact) mass is 244 g/mol. The zero-order valence-corrected chi connectivity index (χ0v) is 11.5. The Hall–Kier alpha value is -1.64. The Morgan fingerprint density at radius 1 is 1.28 bits per heavy atom. The molecule has 0 amide bonds. The molecule has 3 nitrogen and oxygen atoms in total. The van der Waals surface area contributed by atoms with Crippen molar-refractivity contribution in [3.63, 3.8) is 0 Å². The van der Waals surface area contributed by atoms with Gasteiger partial charge in [0.2, 0.25) is 0 Å². The quantitative estimate of drug-likeness (QED) is 0.828. The molecule has 1 unspecified atom stereocenters. The third-order valence-electron chi connectivity index (χ3n) is 3.54. The van der Waals surface area contributed by atoms with E-state index in [4.69, 9.17) is 0 Å². The normalized spacial score (nSPS) is 13.2. The highest BCUT2D eigenvalue weighted by atomic mass is 16.1. The third-order valence-corrected chi connectivity index (χ3v) is 3.54. The minimum atomic E-state index is 0.0599. The maximum atomic E-state index is 12.3. The summed E-state index contributed by atoms with van der Waals surface area (Å²) in [5, 5.41) is 0.710. The van der Waals surface area contributed by atoms with E-state index in [0.29, 0.717) is 11.3 Å². The summed E-state index contributed by atoms with van der Waals surface area (Å²) in [6.45, 7) is 8.39. The number of hydrogen-bond acceptors (Lipinski definition) is 2. The molecule has 2 aromatic rings. The molecule has 1 atom stereocenters. The van der Waals surface area contributed by atoms with Crippen molar-refractivity contribution in [2.75, 3.05) is 0 Å². The fraction of sp³-hybridized carbons (Fsp3) is 0.467. The van der Waals surface area contributed by atoms with Crippen LogP contribution < -0.4 is 5.56 Å². The second kappa shape index (κ2) is 4.92. The van der Waals surface area contributed by atoms with Crippen LogP contribution in [0.5, 0.6) is 0 Å². The first-order chi connectivity index (χ1) is 8.54. The minimum Gasteiger partial charge on any atom is -0.296 e. The van der Waals surface area contributed by atoms with Crippen LogP contribution in [-0.4, -0.2) is 9.55 Å². The van der Waals surface area contributed by atoms with Crippen LogP contribution in [0.1, 0.15) is 51.6 Å². The molecule has 1 heterocycles. The molecule has 96 valence electrons. The van der Waals surface area contributed by atoms with Crippen LogP contribution in [0.15, 0.2) is 29.3 Å². The average molecular weight is 244 g/mol. The van der Waals surface area contributed by atoms with Gasteiger partial charge in [0.25, 0.3) is 5.56 Å². The lowest BCUT2D eigenvalue weighted by molar-refractivity contribution is 0.510. The highest BCUT2D eigenvalue weighted by Gasteiger charge is 2.09. The van der Waals surface area contributed by atoms with Gasteiger partial charge in [-0.15, -0.1) is 0 Å². The van der Waals surface area contributed by atoms with E-state index in [9.17, 15) is 4.79 Å². The molecule has 0 N–H and O–H groups in total. The van der Waals surface area contributed by atoms with Gasteiger partial charge in [-0.05, 0) is 37.0 Å². The molecule has 1 aromatic heterocycles. The number of nitrogens with zero attached hydrogens (tertiary/aromatic N) is 2. The van der Waals surface area contributed by atoms with E-state index in [1.165, 1.54) is 5.56 Å². The predicted molar refractivity (Wildman–Crippen MR) is 75.1 cm³/mol. The van der Waals surface area contributed by atoms with Gasteiger partial charge < -0.3 is 0 Å². The van der Waals surface area contributed by atoms with Crippen molar-refractivity contribution in [1.29, 1.82) is 0 Å². The lowest BCUT2D eigenvalue weighted by atomic mass is 10.0. The summed E-state index contributed by atoms with van der Waals surface area (Å²) in [6, 6.07) is 6.14. The fourth-order valence-corrected chi connectivity index (χ4v) is 2.02. The molecule has 18 heavy (non-hydrogen) atoms. The van der Waals surface area contributed by atoms with E-state index in [0.717, 1.165) is 11.9 Å². The van der Waals surface area contributed by atoms with E-state index in [-0.39, 0.29) is 11.6 Å². The first kappa shape index (κ1) is 12.8. The van der Waals surface area contributed by atoms with E-state index >= 15 is 0 Å². The highest BCUT2D eigenvalue weighted by molar-refractivity contribution is 5.78. The summed E-state index contributed by atoms with van der Waals surface area (Å²) in [6.07, 6.45) is 2.60. The van der Waals surface area contributed by atoms with Gasteiger partial charge in [-0.1, -0.05) is 26.8 Å². The Labute approximate surface area is 107 Å². The third kappa shape index (κ3) is 2.17. The van der Waals surface area contributed by atoms with E-state index in [2.05, 4.69) is 25.8 Å². The second-order valence-corrected chi connectivity index (χ2v) is 5.15. The first-order valence-electron chi connectivity index (χ1n) is 6.55. The maximum Gasteiger partial charge on any atom is 0.261 e. The molecule has 0 bridgehead atoms. The number of fused-ring (bicyclic) bond motifs is 1. The molecular weight excluding hydrogens is 224 g/mol. The number of benzene rings is 1. The van der Waals surface area contributed by atoms with Gasteiger partial charge in [-0.2, -0.15) is 0 Å². The Balaban J connectivity index is 2.63. The smallest absolute Gasteiger partial charge is 0.261 e. The summed E-state index contributed by atoms with van der Waals surface area (Å²) >= 11 is 0. The Bertz CT molecular complexity index is 613. The maximum absolute atomic E-state index is 12.3. The lowest BCUT2D eigenvalue weighted by Crippen LogP contribution is -2.23. The summed E-state index contributed by atoms with van der Waals surface area (Å²) in [4.78, 5) is 16.7. The second-order valence-electron chi connectivity index (χ2n) is 5.15. The van der Waals surface area contributed by atoms with Crippen molar-refractivity contribution in [1.82, 2.24) is 9.55 Å². The summed E-state index contributed by atoms with van der Waals surface area (Å²) in [5.41, 5.74) is 2.08. The Morgan fingerprint density at radius 3 is 2.61 bits per heavy atom. The van der Waals surface area contributed by atoms with Gasteiger partial charge in [0.15, 0.2) is 0 Å². The molecule has 0 aliphatic carbocycles. The van der Waals surface area contributed by atoms with Crippen molar-refractivity contribution in [2.45, 2.75) is 46.1 Å². The number of hydrogen-bond donors (Lipinski definition) is 0. The van der Waals surface area contributed by atoms with Gasteiger partial charge in [-0.25, -0.2) is 4.98 Å². The molecule has 0 radical (unpaired) electrons. The van der Waals surface area contributed by atoms with Crippen LogP contribution in [0.25, 0.3) is 10.9 Å². The zero-order valence-electron chi connectivity index (χ0n) is 11.5. The summed E-state index contributed by atoms with van der Waals surface area (Å²) < 4.78 is 1.72. The van der Waals surface area contributed by atoms with Crippen molar-refractivity contribution < 1.29 is 0 Å². The molecule has 0 spiro atoms. The van der Waals surface area contributed by atoms with E-state index in [1.54, 1.807) is 10.9 Å². The van der Waals surface area contributed by atoms with Crippen LogP contribution in [0.2, 0.25) is 0 Å². The van der Waals surface area contributed by atoms with Gasteiger partial charge in [0.05, 0.1) is 17.2 Å². The van der Waals surface area contributed by atoms with Crippen molar-refractivity contribution in [3.05, 3.63) is 40.4 Å². The van der Waals surface area contributed by atoms with Gasteiger partial charge in [0.1, 0.15) is 0 Å². The van der Waals surface area contributed by atoms with E-state index in [1.807, 2.05) is 25.1 Å². The molecule has 0 fully saturated rings. The summed E-state index contributed by atoms with van der Waals surface area (Å²) in [5.74, 6) is 0.452. The van der Waals surface area contributed by atoms with Gasteiger partial charge in [-0.3, -0.25) is 9.36 Å². The first-order valence-corrected chi connectivity index (χ1v) is 6.55. The zero-order chi connectivity index (χ0) is 13.3. The molecule has 0 saturated heterocycles. The number of aromatic nitrogens is 2. The van der Waals surface area contributed by atoms with Crippen LogP contribution in [0.4, 0.5) is 0 Å². The molecular formula is C15H20N2O. The van der Waals surface area contributed by atoms with Crippen molar-refractivity contribution in [2.24, 2.45) is 0 Å². The van der Waals surface area contributed by atoms with Crippen LogP contribution in [0.3, 0.4) is 0 Å². The predicted octanol–water partition coefficient (Wildman–Crippen LogP) is 3.49. The summed E-state index contributed by atoms with van der Waals surface area (Å²) in [7, 11) is 0. The molecule has 3 heteroatoms. The topological polar surface area (TPSA) is 34.9 Å². The largest absolute Gasteiger partial charge is 0.296 e. The van der Waals surface area contributed by atoms with Crippen LogP contribution in [-0.2, 0) is 0 Å². The van der Waals surface area contributed by atoms with Crippen LogP contribution >= 0.6 is 0 Å². The fourth-order valence-electron chi connectivity index (χ4n) is 2.02. The lowest BCUT2D eigenvalue weighted by Gasteiger charge is -2.13. The van der Waals surface area contributed by atoms with Gasteiger partial charge >= 0.3 is 0 Å². The van der Waals surface area contributed by atoms with Crippen molar-refractivity contribution in [3.8, 4) is 0 Å². The molecule has 2 rings (SSSR count). The minimum absolute atomic E-state index is 0.0599.